The molecule has 0 spiro atoms. The van der Waals surface area contributed by atoms with Gasteiger partial charge in [0.25, 0.3) is 0 Å². The highest BCUT2D eigenvalue weighted by atomic mass is 32.1. The Balaban J connectivity index is 2.28. The number of hydrogen-bond acceptors (Lipinski definition) is 6. The zero-order valence-corrected chi connectivity index (χ0v) is 9.94. The quantitative estimate of drug-likeness (QED) is 0.701. The predicted octanol–water partition coefficient (Wildman–Crippen LogP) is -0.0353. The van der Waals surface area contributed by atoms with Crippen LogP contribution in [0.25, 0.3) is 0 Å². The molecule has 0 radical (unpaired) electrons. The minimum absolute atomic E-state index is 0.126. The summed E-state index contributed by atoms with van der Waals surface area (Å²) in [6.07, 6.45) is 0. The highest BCUT2D eigenvalue weighted by Gasteiger charge is 2.27. The molecule has 6 nitrogen and oxygen atoms in total. The van der Waals surface area contributed by atoms with Crippen molar-refractivity contribution < 1.29 is 19.7 Å². The minimum atomic E-state index is -0.968. The van der Waals surface area contributed by atoms with Crippen molar-refractivity contribution in [2.75, 3.05) is 31.2 Å². The molecule has 4 N–H and O–H groups in total. The second-order valence-electron chi connectivity index (χ2n) is 3.82. The standard InChI is InChI=1S/C10H14N2O4S/c11-6(4-13)3-12-1-2-16-7-5-17-9(8(7)12)10(14)15/h5-6,13H,1-4,11H2,(H,14,15)/t6-/m0/s1. The van der Waals surface area contributed by atoms with E-state index in [0.717, 1.165) is 11.3 Å². The van der Waals surface area contributed by atoms with E-state index in [1.165, 1.54) is 0 Å². The number of aliphatic hydroxyl groups excluding tert-OH is 1. The summed E-state index contributed by atoms with van der Waals surface area (Å²) in [5, 5.41) is 19.7. The molecule has 1 aromatic rings. The highest BCUT2D eigenvalue weighted by molar-refractivity contribution is 7.13. The fourth-order valence-corrected chi connectivity index (χ4v) is 2.64. The average Bonchev–Trinajstić information content (AvgIpc) is 2.73. The summed E-state index contributed by atoms with van der Waals surface area (Å²) >= 11 is 1.14. The molecule has 1 aromatic heterocycles. The van der Waals surface area contributed by atoms with E-state index in [9.17, 15) is 4.79 Å². The molecule has 0 aliphatic carbocycles. The number of thiophene rings is 1. The van der Waals surface area contributed by atoms with Gasteiger partial charge in [-0.25, -0.2) is 4.79 Å². The van der Waals surface area contributed by atoms with Crippen LogP contribution >= 0.6 is 11.3 Å². The molecule has 0 unspecified atom stereocenters. The molecule has 0 bridgehead atoms. The molecule has 1 atom stereocenters. The van der Waals surface area contributed by atoms with Gasteiger partial charge >= 0.3 is 5.97 Å². The number of ether oxygens (including phenoxy) is 1. The lowest BCUT2D eigenvalue weighted by Gasteiger charge is -2.31. The van der Waals surface area contributed by atoms with Crippen LogP contribution in [0, 0.1) is 0 Å². The number of rotatable bonds is 4. The second kappa shape index (κ2) is 4.91. The van der Waals surface area contributed by atoms with E-state index in [0.29, 0.717) is 31.1 Å². The number of aromatic carboxylic acids is 1. The molecule has 0 fully saturated rings. The summed E-state index contributed by atoms with van der Waals surface area (Å²) in [6.45, 7) is 1.38. The molecule has 2 rings (SSSR count). The molecule has 2 heterocycles. The SMILES string of the molecule is N[C@H](CO)CN1CCOc2csc(C(=O)O)c21. The molecular weight excluding hydrogens is 244 g/mol. The Bertz CT molecular complexity index is 420. The lowest BCUT2D eigenvalue weighted by atomic mass is 10.2. The normalized spacial score (nSPS) is 16.2. The van der Waals surface area contributed by atoms with Crippen molar-refractivity contribution in [2.45, 2.75) is 6.04 Å². The first-order valence-electron chi connectivity index (χ1n) is 5.22. The third-order valence-corrected chi connectivity index (χ3v) is 3.49. The van der Waals surface area contributed by atoms with E-state index in [2.05, 4.69) is 0 Å². The van der Waals surface area contributed by atoms with Gasteiger partial charge in [0.15, 0.2) is 5.75 Å². The van der Waals surface area contributed by atoms with Crippen molar-refractivity contribution in [1.82, 2.24) is 0 Å². The monoisotopic (exact) mass is 258 g/mol. The first-order chi connectivity index (χ1) is 8.13. The van der Waals surface area contributed by atoms with Gasteiger partial charge in [-0.05, 0) is 0 Å². The van der Waals surface area contributed by atoms with Crippen LogP contribution in [-0.2, 0) is 0 Å². The molecule has 0 saturated heterocycles. The van der Waals surface area contributed by atoms with Crippen LogP contribution < -0.4 is 15.4 Å². The number of carboxylic acids is 1. The summed E-state index contributed by atoms with van der Waals surface area (Å²) in [4.78, 5) is 13.2. The number of aliphatic hydroxyl groups is 1. The smallest absolute Gasteiger partial charge is 0.348 e. The number of fused-ring (bicyclic) bond motifs is 1. The summed E-state index contributed by atoms with van der Waals surface area (Å²) in [5.41, 5.74) is 6.26. The summed E-state index contributed by atoms with van der Waals surface area (Å²) in [7, 11) is 0. The topological polar surface area (TPSA) is 96.0 Å². The Hall–Kier alpha value is -1.31. The average molecular weight is 258 g/mol. The van der Waals surface area contributed by atoms with Crippen molar-refractivity contribution in [3.63, 3.8) is 0 Å². The Morgan fingerprint density at radius 3 is 3.12 bits per heavy atom. The van der Waals surface area contributed by atoms with Gasteiger partial charge < -0.3 is 25.6 Å². The fourth-order valence-electron chi connectivity index (χ4n) is 1.79. The maximum atomic E-state index is 11.1. The van der Waals surface area contributed by atoms with Gasteiger partial charge in [-0.3, -0.25) is 0 Å². The molecule has 1 aliphatic heterocycles. The van der Waals surface area contributed by atoms with Crippen molar-refractivity contribution in [3.8, 4) is 5.75 Å². The molecule has 0 amide bonds. The lowest BCUT2D eigenvalue weighted by molar-refractivity contribution is 0.0702. The van der Waals surface area contributed by atoms with Gasteiger partial charge in [-0.1, -0.05) is 0 Å². The van der Waals surface area contributed by atoms with E-state index in [-0.39, 0.29) is 17.5 Å². The van der Waals surface area contributed by atoms with Gasteiger partial charge in [-0.15, -0.1) is 11.3 Å². The van der Waals surface area contributed by atoms with Gasteiger partial charge in [0.05, 0.1) is 13.2 Å². The van der Waals surface area contributed by atoms with Crippen LogP contribution in [-0.4, -0.2) is 48.5 Å². The number of nitrogens with two attached hydrogens (primary N) is 1. The van der Waals surface area contributed by atoms with Gasteiger partial charge in [0.2, 0.25) is 0 Å². The van der Waals surface area contributed by atoms with E-state index < -0.39 is 5.97 Å². The van der Waals surface area contributed by atoms with Crippen LogP contribution in [0.15, 0.2) is 5.38 Å². The van der Waals surface area contributed by atoms with Crippen LogP contribution in [0.3, 0.4) is 0 Å². The Morgan fingerprint density at radius 1 is 1.71 bits per heavy atom. The van der Waals surface area contributed by atoms with Crippen LogP contribution in [0.1, 0.15) is 9.67 Å². The van der Waals surface area contributed by atoms with Crippen molar-refractivity contribution in [3.05, 3.63) is 10.3 Å². The Kier molecular flexibility index (Phi) is 3.51. The lowest BCUT2D eigenvalue weighted by Crippen LogP contribution is -2.43. The van der Waals surface area contributed by atoms with Crippen LogP contribution in [0.2, 0.25) is 0 Å². The first kappa shape index (κ1) is 12.2. The van der Waals surface area contributed by atoms with Gasteiger partial charge in [0.1, 0.15) is 17.2 Å². The number of carboxylic acid groups (broad SMARTS) is 1. The van der Waals surface area contributed by atoms with E-state index >= 15 is 0 Å². The Labute approximate surface area is 102 Å². The molecular formula is C10H14N2O4S. The molecule has 94 valence electrons. The van der Waals surface area contributed by atoms with Crippen molar-refractivity contribution in [1.29, 1.82) is 0 Å². The van der Waals surface area contributed by atoms with Gasteiger partial charge in [-0.2, -0.15) is 0 Å². The predicted molar refractivity (Wildman–Crippen MR) is 64.0 cm³/mol. The minimum Gasteiger partial charge on any atom is -0.489 e. The van der Waals surface area contributed by atoms with E-state index in [4.69, 9.17) is 20.7 Å². The largest absolute Gasteiger partial charge is 0.489 e. The first-order valence-corrected chi connectivity index (χ1v) is 6.10. The van der Waals surface area contributed by atoms with Gasteiger partial charge in [0, 0.05) is 18.0 Å². The number of nitrogens with zero attached hydrogens (tertiary/aromatic N) is 1. The second-order valence-corrected chi connectivity index (χ2v) is 4.70. The van der Waals surface area contributed by atoms with E-state index in [1.807, 2.05) is 4.90 Å². The fraction of sp³-hybridized carbons (Fsp3) is 0.500. The van der Waals surface area contributed by atoms with Crippen LogP contribution in [0.4, 0.5) is 5.69 Å². The molecule has 17 heavy (non-hydrogen) atoms. The molecule has 7 heteroatoms. The van der Waals surface area contributed by atoms with Crippen molar-refractivity contribution in [2.24, 2.45) is 5.73 Å². The maximum Gasteiger partial charge on any atom is 0.348 e. The highest BCUT2D eigenvalue weighted by Crippen LogP contribution is 2.40. The molecule has 0 saturated carbocycles. The maximum absolute atomic E-state index is 11.1. The molecule has 1 aliphatic rings. The number of carbonyl (C=O) groups is 1. The zero-order valence-electron chi connectivity index (χ0n) is 9.13. The van der Waals surface area contributed by atoms with E-state index in [1.54, 1.807) is 5.38 Å². The third-order valence-electron chi connectivity index (χ3n) is 2.55. The third kappa shape index (κ3) is 2.36. The number of hydrogen-bond donors (Lipinski definition) is 3. The molecule has 0 aromatic carbocycles. The van der Waals surface area contributed by atoms with Crippen LogP contribution in [0.5, 0.6) is 5.75 Å². The summed E-state index contributed by atoms with van der Waals surface area (Å²) < 4.78 is 5.40. The summed E-state index contributed by atoms with van der Waals surface area (Å²) in [6, 6.07) is -0.387. The Morgan fingerprint density at radius 2 is 2.47 bits per heavy atom. The zero-order chi connectivity index (χ0) is 12.4. The van der Waals surface area contributed by atoms with Crippen molar-refractivity contribution >= 4 is 23.0 Å². The summed E-state index contributed by atoms with van der Waals surface area (Å²) in [5.74, 6) is -0.381. The number of anilines is 1.